The van der Waals surface area contributed by atoms with Crippen LogP contribution in [0.5, 0.6) is 0 Å². The Kier molecular flexibility index (Phi) is 6.15. The first-order valence-corrected chi connectivity index (χ1v) is 8.95. The fourth-order valence-electron chi connectivity index (χ4n) is 2.86. The molecule has 0 aliphatic carbocycles. The topological polar surface area (TPSA) is 108 Å². The Morgan fingerprint density at radius 3 is 2.57 bits per heavy atom. The van der Waals surface area contributed by atoms with E-state index in [9.17, 15) is 20.4 Å². The fourth-order valence-corrected chi connectivity index (χ4v) is 2.86. The molecule has 2 aromatic rings. The summed E-state index contributed by atoms with van der Waals surface area (Å²) < 4.78 is 7.26. The third-order valence-electron chi connectivity index (χ3n) is 4.53. The number of benzene rings is 1. The molecule has 4 N–H and O–H groups in total. The van der Waals surface area contributed by atoms with Crippen LogP contribution in [0.1, 0.15) is 18.1 Å². The van der Waals surface area contributed by atoms with E-state index in [4.69, 9.17) is 4.74 Å². The van der Waals surface area contributed by atoms with Gasteiger partial charge in [0.2, 0.25) is 0 Å². The molecule has 0 unspecified atom stereocenters. The van der Waals surface area contributed by atoms with Gasteiger partial charge >= 0.3 is 0 Å². The average Bonchev–Trinajstić information content (AvgIpc) is 3.19. The highest BCUT2D eigenvalue weighted by Gasteiger charge is 2.53. The number of aliphatic hydroxyl groups excluding tert-OH is 3. The summed E-state index contributed by atoms with van der Waals surface area (Å²) in [5, 5.41) is 45.3. The van der Waals surface area contributed by atoms with Crippen LogP contribution < -0.4 is 0 Å². The van der Waals surface area contributed by atoms with Gasteiger partial charge in [-0.25, -0.2) is 0 Å². The summed E-state index contributed by atoms with van der Waals surface area (Å²) in [6, 6.07) is 8.92. The van der Waals surface area contributed by atoms with E-state index in [0.717, 1.165) is 0 Å². The molecule has 146 valence electrons. The number of nitrogens with zero attached hydrogens (tertiary/aromatic N) is 2. The van der Waals surface area contributed by atoms with Crippen LogP contribution >= 0.6 is 0 Å². The lowest BCUT2D eigenvalue weighted by molar-refractivity contribution is -0.239. The predicted octanol–water partition coefficient (Wildman–Crippen LogP) is -0.481. The first kappa shape index (κ1) is 20.1. The Hall–Kier alpha value is -2.65. The summed E-state index contributed by atoms with van der Waals surface area (Å²) >= 11 is 0. The van der Waals surface area contributed by atoms with Crippen LogP contribution in [0.4, 0.5) is 0 Å². The average molecular weight is 382 g/mol. The van der Waals surface area contributed by atoms with Crippen LogP contribution in [0.15, 0.2) is 42.7 Å². The van der Waals surface area contributed by atoms with Crippen molar-refractivity contribution >= 4 is 0 Å². The fraction of sp³-hybridized carbons (Fsp3) is 0.381. The third-order valence-corrected chi connectivity index (χ3v) is 4.53. The number of rotatable bonds is 2. The number of aliphatic hydroxyl groups is 4. The maximum absolute atomic E-state index is 11.1. The minimum absolute atomic E-state index is 0.535. The van der Waals surface area contributed by atoms with Gasteiger partial charge in [0.15, 0.2) is 11.7 Å². The largest absolute Gasteiger partial charge is 0.394 e. The Balaban J connectivity index is 1.96. The molecule has 1 fully saturated rings. The van der Waals surface area contributed by atoms with Crippen LogP contribution in [0.25, 0.3) is 0 Å². The first-order chi connectivity index (χ1) is 13.5. The zero-order valence-corrected chi connectivity index (χ0v) is 15.4. The number of ether oxygens (including phenoxy) is 1. The smallest absolute Gasteiger partial charge is 0.191 e. The second-order valence-corrected chi connectivity index (χ2v) is 6.47. The summed E-state index contributed by atoms with van der Waals surface area (Å²) in [5.74, 6) is 11.0. The van der Waals surface area contributed by atoms with Crippen molar-refractivity contribution in [1.29, 1.82) is 0 Å². The van der Waals surface area contributed by atoms with Gasteiger partial charge < -0.3 is 25.2 Å². The zero-order chi connectivity index (χ0) is 20.1. The van der Waals surface area contributed by atoms with E-state index in [1.807, 2.05) is 13.0 Å². The minimum Gasteiger partial charge on any atom is -0.394 e. The molecule has 7 heteroatoms. The normalized spacial score (nSPS) is 29.3. The second-order valence-electron chi connectivity index (χ2n) is 6.47. The minimum atomic E-state index is -2.14. The van der Waals surface area contributed by atoms with Crippen LogP contribution in [0.2, 0.25) is 0 Å². The van der Waals surface area contributed by atoms with Gasteiger partial charge in [0.1, 0.15) is 18.3 Å². The molecule has 1 aromatic heterocycles. The molecule has 1 aliphatic rings. The molecule has 1 aliphatic heterocycles. The Bertz CT molecular complexity index is 921. The molecule has 2 heterocycles. The van der Waals surface area contributed by atoms with E-state index in [1.54, 1.807) is 41.3 Å². The maximum Gasteiger partial charge on any atom is 0.191 e. The van der Waals surface area contributed by atoms with Gasteiger partial charge in [-0.15, -0.1) is 0 Å². The summed E-state index contributed by atoms with van der Waals surface area (Å²) in [6.07, 6.45) is -2.22. The van der Waals surface area contributed by atoms with E-state index in [2.05, 4.69) is 28.8 Å². The molecule has 0 radical (unpaired) electrons. The molecule has 28 heavy (non-hydrogen) atoms. The summed E-state index contributed by atoms with van der Waals surface area (Å²) in [5.41, 5.74) is -0.919. The van der Waals surface area contributed by atoms with Crippen molar-refractivity contribution in [2.45, 2.75) is 43.5 Å². The molecule has 0 amide bonds. The van der Waals surface area contributed by atoms with Gasteiger partial charge in [0, 0.05) is 18.3 Å². The lowest BCUT2D eigenvalue weighted by atomic mass is 9.82. The lowest BCUT2D eigenvalue weighted by Crippen LogP contribution is -2.65. The molecule has 0 saturated carbocycles. The standard InChI is InChI=1S/C21H22N2O5/c1-2-23-13-16(12-22-23)8-9-18-21(27,11-10-15-6-4-3-5-7-15)20(26)19(25)17(14-24)28-18/h3-7,12-13,17-20,24-27H,2,14H2,1H3/t17-,18-,19-,20+,21-/m1/s1. The maximum atomic E-state index is 11.1. The monoisotopic (exact) mass is 382 g/mol. The third kappa shape index (κ3) is 4.10. The number of hydrogen-bond donors (Lipinski definition) is 4. The van der Waals surface area contributed by atoms with E-state index in [0.29, 0.717) is 17.7 Å². The first-order valence-electron chi connectivity index (χ1n) is 8.95. The number of aryl methyl sites for hydroxylation is 1. The molecule has 0 spiro atoms. The zero-order valence-electron chi connectivity index (χ0n) is 15.4. The van der Waals surface area contributed by atoms with E-state index in [1.165, 1.54) is 0 Å². The van der Waals surface area contributed by atoms with Crippen LogP contribution in [-0.2, 0) is 11.3 Å². The van der Waals surface area contributed by atoms with E-state index < -0.39 is 36.6 Å². The predicted molar refractivity (Wildman–Crippen MR) is 101 cm³/mol. The number of hydrogen-bond acceptors (Lipinski definition) is 6. The highest BCUT2D eigenvalue weighted by molar-refractivity contribution is 5.41. The molecule has 7 nitrogen and oxygen atoms in total. The molecule has 1 saturated heterocycles. The van der Waals surface area contributed by atoms with E-state index >= 15 is 0 Å². The molecular weight excluding hydrogens is 360 g/mol. The van der Waals surface area contributed by atoms with E-state index in [-0.39, 0.29) is 0 Å². The molecule has 3 rings (SSSR count). The summed E-state index contributed by atoms with van der Waals surface area (Å²) in [4.78, 5) is 0. The number of aromatic nitrogens is 2. The van der Waals surface area contributed by atoms with Crippen LogP contribution in [-0.4, -0.2) is 66.8 Å². The van der Waals surface area contributed by atoms with Crippen molar-refractivity contribution in [2.24, 2.45) is 0 Å². The Morgan fingerprint density at radius 1 is 1.18 bits per heavy atom. The highest BCUT2D eigenvalue weighted by atomic mass is 16.5. The van der Waals surface area contributed by atoms with Gasteiger partial charge in [0.25, 0.3) is 0 Å². The van der Waals surface area contributed by atoms with Crippen LogP contribution in [0.3, 0.4) is 0 Å². The van der Waals surface area contributed by atoms with Gasteiger partial charge in [-0.05, 0) is 19.1 Å². The SMILES string of the molecule is CCn1cc(C#C[C@H]2O[C@H](CO)[C@@H](O)[C@H](O)[C@@]2(O)C#Cc2ccccc2)cn1. The van der Waals surface area contributed by atoms with Crippen molar-refractivity contribution in [3.8, 4) is 23.7 Å². The van der Waals surface area contributed by atoms with Gasteiger partial charge in [-0.2, -0.15) is 5.10 Å². The van der Waals surface area contributed by atoms with Crippen LogP contribution in [0, 0.1) is 23.7 Å². The summed E-state index contributed by atoms with van der Waals surface area (Å²) in [7, 11) is 0. The van der Waals surface area contributed by atoms with Crippen molar-refractivity contribution in [1.82, 2.24) is 9.78 Å². The van der Waals surface area contributed by atoms with Gasteiger partial charge in [-0.3, -0.25) is 4.68 Å². The van der Waals surface area contributed by atoms with Crippen molar-refractivity contribution in [3.05, 3.63) is 53.9 Å². The Morgan fingerprint density at radius 2 is 1.93 bits per heavy atom. The van der Waals surface area contributed by atoms with Gasteiger partial charge in [-0.1, -0.05) is 41.9 Å². The lowest BCUT2D eigenvalue weighted by Gasteiger charge is -2.43. The van der Waals surface area contributed by atoms with Gasteiger partial charge in [0.05, 0.1) is 18.4 Å². The molecule has 5 atom stereocenters. The van der Waals surface area contributed by atoms with Crippen molar-refractivity contribution in [2.75, 3.05) is 6.61 Å². The molecule has 1 aromatic carbocycles. The molecule has 0 bridgehead atoms. The summed E-state index contributed by atoms with van der Waals surface area (Å²) in [6.45, 7) is 2.09. The molecular formula is C21H22N2O5. The highest BCUT2D eigenvalue weighted by Crippen LogP contribution is 2.29. The quantitative estimate of drug-likeness (QED) is 0.523. The Labute approximate surface area is 163 Å². The van der Waals surface area contributed by atoms with Crippen molar-refractivity contribution < 1.29 is 25.2 Å². The van der Waals surface area contributed by atoms with Crippen molar-refractivity contribution in [3.63, 3.8) is 0 Å². The second kappa shape index (κ2) is 8.57.